The van der Waals surface area contributed by atoms with Crippen LogP contribution in [0.2, 0.25) is 0 Å². The molecular formula is C22H28N2O4. The summed E-state index contributed by atoms with van der Waals surface area (Å²) >= 11 is 0. The molecular weight excluding hydrogens is 356 g/mol. The van der Waals surface area contributed by atoms with Crippen molar-refractivity contribution in [2.24, 2.45) is 23.7 Å². The average molecular weight is 384 g/mol. The summed E-state index contributed by atoms with van der Waals surface area (Å²) in [5.41, 5.74) is 4.20. The molecule has 0 aromatic heterocycles. The summed E-state index contributed by atoms with van der Waals surface area (Å²) in [6.45, 7) is 7.25. The molecule has 2 saturated carbocycles. The second kappa shape index (κ2) is 7.59. The Morgan fingerprint density at radius 1 is 1.04 bits per heavy atom. The fourth-order valence-electron chi connectivity index (χ4n) is 5.41. The van der Waals surface area contributed by atoms with Crippen LogP contribution in [0.1, 0.15) is 26.7 Å². The number of carbonyl (C=O) groups excluding carboxylic acids is 1. The van der Waals surface area contributed by atoms with E-state index in [2.05, 4.69) is 10.2 Å². The largest absolute Gasteiger partial charge is 0.481 e. The molecule has 28 heavy (non-hydrogen) atoms. The topological polar surface area (TPSA) is 78.9 Å². The van der Waals surface area contributed by atoms with Crippen LogP contribution in [0, 0.1) is 23.7 Å². The standard InChI is InChI=1S/C22H28N2O4/c1-13(2)18-16-7-8-17(18)20(22(26)27)19(16)21(25)23-14-3-5-15(6-4-14)24-9-11-28-12-10-24/h3-6,16-17,19-20H,7-12H2,1-2H3,(H,23,25)(H,26,27)/t16-,17-,19+,20+/m0/s1. The molecule has 6 nitrogen and oxygen atoms in total. The number of amides is 1. The Bertz CT molecular complexity index is 791. The Labute approximate surface area is 165 Å². The van der Waals surface area contributed by atoms with E-state index in [9.17, 15) is 14.7 Å². The van der Waals surface area contributed by atoms with Crippen LogP contribution in [0.15, 0.2) is 35.4 Å². The van der Waals surface area contributed by atoms with Gasteiger partial charge in [-0.25, -0.2) is 0 Å². The number of hydrogen-bond donors (Lipinski definition) is 2. The summed E-state index contributed by atoms with van der Waals surface area (Å²) in [5.74, 6) is -2.06. The van der Waals surface area contributed by atoms with Crippen molar-refractivity contribution < 1.29 is 19.4 Å². The smallest absolute Gasteiger partial charge is 0.307 e. The molecule has 2 bridgehead atoms. The number of rotatable bonds is 4. The molecule has 2 aliphatic carbocycles. The molecule has 150 valence electrons. The minimum absolute atomic E-state index is 0.00643. The van der Waals surface area contributed by atoms with Crippen molar-refractivity contribution in [1.82, 2.24) is 0 Å². The molecule has 0 unspecified atom stereocenters. The van der Waals surface area contributed by atoms with E-state index in [0.29, 0.717) is 5.69 Å². The molecule has 1 aromatic rings. The minimum atomic E-state index is -0.853. The monoisotopic (exact) mass is 384 g/mol. The molecule has 4 rings (SSSR count). The molecule has 6 heteroatoms. The van der Waals surface area contributed by atoms with Gasteiger partial charge in [-0.2, -0.15) is 0 Å². The second-order valence-electron chi connectivity index (χ2n) is 8.27. The van der Waals surface area contributed by atoms with E-state index in [1.807, 2.05) is 38.1 Å². The highest BCUT2D eigenvalue weighted by atomic mass is 16.5. The van der Waals surface area contributed by atoms with Crippen LogP contribution in [-0.4, -0.2) is 43.3 Å². The lowest BCUT2D eigenvalue weighted by atomic mass is 9.78. The third-order valence-electron chi connectivity index (χ3n) is 6.52. The van der Waals surface area contributed by atoms with Gasteiger partial charge in [0.2, 0.25) is 5.91 Å². The fraction of sp³-hybridized carbons (Fsp3) is 0.545. The number of anilines is 2. The van der Waals surface area contributed by atoms with E-state index in [4.69, 9.17) is 4.74 Å². The van der Waals surface area contributed by atoms with Gasteiger partial charge in [0.15, 0.2) is 0 Å². The highest BCUT2D eigenvalue weighted by molar-refractivity contribution is 5.96. The summed E-state index contributed by atoms with van der Waals surface area (Å²) in [7, 11) is 0. The number of ether oxygens (including phenoxy) is 1. The van der Waals surface area contributed by atoms with Crippen molar-refractivity contribution in [2.75, 3.05) is 36.5 Å². The number of fused-ring (bicyclic) bond motifs is 2. The number of morpholine rings is 1. The maximum absolute atomic E-state index is 13.1. The molecule has 0 radical (unpaired) electrons. The van der Waals surface area contributed by atoms with Gasteiger partial charge in [-0.3, -0.25) is 9.59 Å². The second-order valence-corrected chi connectivity index (χ2v) is 8.27. The van der Waals surface area contributed by atoms with Crippen LogP contribution >= 0.6 is 0 Å². The molecule has 2 N–H and O–H groups in total. The Balaban J connectivity index is 1.50. The first-order valence-electron chi connectivity index (χ1n) is 10.1. The molecule has 4 atom stereocenters. The molecule has 1 heterocycles. The minimum Gasteiger partial charge on any atom is -0.481 e. The summed E-state index contributed by atoms with van der Waals surface area (Å²) in [6.07, 6.45) is 1.78. The quantitative estimate of drug-likeness (QED) is 0.780. The van der Waals surface area contributed by atoms with Gasteiger partial charge < -0.3 is 20.1 Å². The first-order chi connectivity index (χ1) is 13.5. The zero-order chi connectivity index (χ0) is 19.8. The third kappa shape index (κ3) is 3.30. The van der Waals surface area contributed by atoms with E-state index in [1.165, 1.54) is 11.1 Å². The third-order valence-corrected chi connectivity index (χ3v) is 6.52. The zero-order valence-corrected chi connectivity index (χ0v) is 16.5. The lowest BCUT2D eigenvalue weighted by Gasteiger charge is -2.29. The van der Waals surface area contributed by atoms with Crippen molar-refractivity contribution in [2.45, 2.75) is 26.7 Å². The summed E-state index contributed by atoms with van der Waals surface area (Å²) in [6, 6.07) is 7.79. The maximum atomic E-state index is 13.1. The van der Waals surface area contributed by atoms with Crippen LogP contribution in [0.4, 0.5) is 11.4 Å². The highest BCUT2D eigenvalue weighted by Gasteiger charge is 2.57. The molecule has 1 aliphatic heterocycles. The lowest BCUT2D eigenvalue weighted by molar-refractivity contribution is -0.148. The Morgan fingerprint density at radius 2 is 1.64 bits per heavy atom. The van der Waals surface area contributed by atoms with Gasteiger partial charge in [-0.05, 0) is 62.8 Å². The van der Waals surface area contributed by atoms with Gasteiger partial charge in [-0.1, -0.05) is 11.1 Å². The number of carboxylic acids is 1. The molecule has 3 aliphatic rings. The van der Waals surface area contributed by atoms with E-state index in [1.54, 1.807) is 0 Å². The number of hydrogen-bond acceptors (Lipinski definition) is 4. The molecule has 1 saturated heterocycles. The van der Waals surface area contributed by atoms with Gasteiger partial charge in [0.1, 0.15) is 0 Å². The van der Waals surface area contributed by atoms with E-state index >= 15 is 0 Å². The van der Waals surface area contributed by atoms with Crippen molar-refractivity contribution in [1.29, 1.82) is 0 Å². The van der Waals surface area contributed by atoms with Gasteiger partial charge >= 0.3 is 5.97 Å². The molecule has 3 fully saturated rings. The summed E-state index contributed by atoms with van der Waals surface area (Å²) in [5, 5.41) is 12.8. The summed E-state index contributed by atoms with van der Waals surface area (Å²) in [4.78, 5) is 27.2. The van der Waals surface area contributed by atoms with E-state index in [-0.39, 0.29) is 17.7 Å². The van der Waals surface area contributed by atoms with Gasteiger partial charge in [-0.15, -0.1) is 0 Å². The highest BCUT2D eigenvalue weighted by Crippen LogP contribution is 2.57. The number of nitrogens with zero attached hydrogens (tertiary/aromatic N) is 1. The number of aliphatic carboxylic acids is 1. The summed E-state index contributed by atoms with van der Waals surface area (Å²) < 4.78 is 5.38. The maximum Gasteiger partial charge on any atom is 0.307 e. The van der Waals surface area contributed by atoms with Crippen LogP contribution < -0.4 is 10.2 Å². The Hall–Kier alpha value is -2.34. The van der Waals surface area contributed by atoms with Crippen molar-refractivity contribution in [3.8, 4) is 0 Å². The van der Waals surface area contributed by atoms with Crippen LogP contribution in [0.25, 0.3) is 0 Å². The van der Waals surface area contributed by atoms with Crippen molar-refractivity contribution >= 4 is 23.3 Å². The fourth-order valence-corrected chi connectivity index (χ4v) is 5.41. The molecule has 1 amide bonds. The Kier molecular flexibility index (Phi) is 5.15. The predicted octanol–water partition coefficient (Wildman–Crippen LogP) is 3.15. The van der Waals surface area contributed by atoms with E-state index in [0.717, 1.165) is 44.8 Å². The normalized spacial score (nSPS) is 29.1. The average Bonchev–Trinajstić information content (AvgIpc) is 3.26. The lowest BCUT2D eigenvalue weighted by Crippen LogP contribution is -2.38. The van der Waals surface area contributed by atoms with Gasteiger partial charge in [0, 0.05) is 24.5 Å². The number of benzene rings is 1. The van der Waals surface area contributed by atoms with Crippen molar-refractivity contribution in [3.05, 3.63) is 35.4 Å². The number of carbonyl (C=O) groups is 2. The van der Waals surface area contributed by atoms with Gasteiger partial charge in [0.05, 0.1) is 25.0 Å². The predicted molar refractivity (Wildman–Crippen MR) is 107 cm³/mol. The van der Waals surface area contributed by atoms with Gasteiger partial charge in [0.25, 0.3) is 0 Å². The molecule has 0 spiro atoms. The first-order valence-corrected chi connectivity index (χ1v) is 10.1. The molecule has 1 aromatic carbocycles. The van der Waals surface area contributed by atoms with Crippen LogP contribution in [0.5, 0.6) is 0 Å². The number of allylic oxidation sites excluding steroid dienone is 2. The number of nitrogens with one attached hydrogen (secondary N) is 1. The van der Waals surface area contributed by atoms with E-state index < -0.39 is 17.8 Å². The van der Waals surface area contributed by atoms with Crippen LogP contribution in [-0.2, 0) is 14.3 Å². The zero-order valence-electron chi connectivity index (χ0n) is 16.5. The number of carboxylic acid groups (broad SMARTS) is 1. The first kappa shape index (κ1) is 19.0. The Morgan fingerprint density at radius 3 is 2.21 bits per heavy atom. The SMILES string of the molecule is CC(C)=C1[C@@H]2CC[C@@H]1[C@@H](C(=O)Nc1ccc(N3CCOCC3)cc1)[C@@H]2C(=O)O. The van der Waals surface area contributed by atoms with Crippen LogP contribution in [0.3, 0.4) is 0 Å². The van der Waals surface area contributed by atoms with Crippen molar-refractivity contribution in [3.63, 3.8) is 0 Å².